The third-order valence-corrected chi connectivity index (χ3v) is 4.80. The quantitative estimate of drug-likeness (QED) is 0.769. The van der Waals surface area contributed by atoms with E-state index < -0.39 is 5.54 Å². The Morgan fingerprint density at radius 1 is 1.21 bits per heavy atom. The molecule has 19 heavy (non-hydrogen) atoms. The average Bonchev–Trinajstić information content (AvgIpc) is 2.68. The van der Waals surface area contributed by atoms with Crippen LogP contribution in [0.15, 0.2) is 0 Å². The topological polar surface area (TPSA) is 64.4 Å². The fraction of sp³-hybridized carbons (Fsp3) is 0.933. The second-order valence-corrected chi connectivity index (χ2v) is 6.28. The van der Waals surface area contributed by atoms with Crippen molar-refractivity contribution in [2.45, 2.75) is 69.9 Å². The molecule has 0 radical (unpaired) electrons. The van der Waals surface area contributed by atoms with Crippen molar-refractivity contribution in [2.75, 3.05) is 13.2 Å². The smallest absolute Gasteiger partial charge is 0.240 e. The van der Waals surface area contributed by atoms with Crippen LogP contribution in [0.3, 0.4) is 0 Å². The average molecular weight is 268 g/mol. The molecule has 0 bridgehead atoms. The molecule has 4 heteroatoms. The fourth-order valence-electron chi connectivity index (χ4n) is 3.24. The first-order valence-corrected chi connectivity index (χ1v) is 7.79. The van der Waals surface area contributed by atoms with Crippen molar-refractivity contribution < 1.29 is 9.53 Å². The van der Waals surface area contributed by atoms with Crippen molar-refractivity contribution in [3.63, 3.8) is 0 Å². The Bertz CT molecular complexity index is 293. The summed E-state index contributed by atoms with van der Waals surface area (Å²) in [6.45, 7) is 3.33. The van der Waals surface area contributed by atoms with Gasteiger partial charge in [-0.15, -0.1) is 0 Å². The first-order valence-electron chi connectivity index (χ1n) is 7.79. The molecule has 2 fully saturated rings. The molecule has 110 valence electrons. The van der Waals surface area contributed by atoms with Crippen molar-refractivity contribution >= 4 is 5.91 Å². The Hall–Kier alpha value is -0.610. The van der Waals surface area contributed by atoms with Crippen molar-refractivity contribution in [3.8, 4) is 0 Å². The molecule has 0 aromatic rings. The van der Waals surface area contributed by atoms with Gasteiger partial charge in [-0.05, 0) is 38.5 Å². The van der Waals surface area contributed by atoms with Gasteiger partial charge in [0, 0.05) is 19.3 Å². The van der Waals surface area contributed by atoms with E-state index in [2.05, 4.69) is 12.2 Å². The molecule has 0 aromatic carbocycles. The van der Waals surface area contributed by atoms with E-state index in [-0.39, 0.29) is 11.9 Å². The predicted octanol–water partition coefficient (Wildman–Crippen LogP) is 1.97. The van der Waals surface area contributed by atoms with E-state index in [0.717, 1.165) is 0 Å². The Morgan fingerprint density at radius 2 is 1.79 bits per heavy atom. The van der Waals surface area contributed by atoms with E-state index >= 15 is 0 Å². The molecular weight excluding hydrogens is 240 g/mol. The van der Waals surface area contributed by atoms with Crippen LogP contribution in [0.5, 0.6) is 0 Å². The molecule has 0 aromatic heterocycles. The molecule has 1 saturated heterocycles. The van der Waals surface area contributed by atoms with Crippen LogP contribution in [0, 0.1) is 5.92 Å². The summed E-state index contributed by atoms with van der Waals surface area (Å²) in [5.74, 6) is 0.641. The molecule has 1 atom stereocenters. The maximum atomic E-state index is 12.4. The molecule has 1 aliphatic heterocycles. The third kappa shape index (κ3) is 3.93. The largest absolute Gasteiger partial charge is 0.381 e. The molecule has 2 rings (SSSR count). The zero-order valence-electron chi connectivity index (χ0n) is 12.1. The van der Waals surface area contributed by atoms with Gasteiger partial charge in [0.1, 0.15) is 0 Å². The van der Waals surface area contributed by atoms with E-state index in [1.807, 2.05) is 0 Å². The minimum Gasteiger partial charge on any atom is -0.381 e. The van der Waals surface area contributed by atoms with Crippen LogP contribution in [0.25, 0.3) is 0 Å². The van der Waals surface area contributed by atoms with Crippen molar-refractivity contribution in [1.29, 1.82) is 0 Å². The molecule has 2 aliphatic rings. The monoisotopic (exact) mass is 268 g/mol. The molecule has 3 N–H and O–H groups in total. The molecule has 4 nitrogen and oxygen atoms in total. The summed E-state index contributed by atoms with van der Waals surface area (Å²) >= 11 is 0. The SMILES string of the molecule is C[C@H](NC(=O)C1(N)CCOCC1)C1CCCCCC1. The molecule has 0 unspecified atom stereocenters. The predicted molar refractivity (Wildman–Crippen MR) is 75.8 cm³/mol. The second kappa shape index (κ2) is 6.71. The number of rotatable bonds is 3. The summed E-state index contributed by atoms with van der Waals surface area (Å²) in [5, 5.41) is 3.17. The minimum atomic E-state index is -0.711. The minimum absolute atomic E-state index is 0.0209. The molecular formula is C15H28N2O2. The Morgan fingerprint density at radius 3 is 2.37 bits per heavy atom. The Balaban J connectivity index is 1.86. The van der Waals surface area contributed by atoms with Gasteiger partial charge in [-0.25, -0.2) is 0 Å². The molecule has 0 spiro atoms. The van der Waals surface area contributed by atoms with Crippen molar-refractivity contribution in [2.24, 2.45) is 11.7 Å². The highest BCUT2D eigenvalue weighted by molar-refractivity contribution is 5.86. The van der Waals surface area contributed by atoms with Crippen molar-refractivity contribution in [1.82, 2.24) is 5.32 Å². The molecule has 1 amide bonds. The summed E-state index contributed by atoms with van der Waals surface area (Å²) in [7, 11) is 0. The van der Waals surface area contributed by atoms with Gasteiger partial charge in [0.2, 0.25) is 5.91 Å². The summed E-state index contributed by atoms with van der Waals surface area (Å²) in [6.07, 6.45) is 9.03. The van der Waals surface area contributed by atoms with Crippen LogP contribution in [-0.4, -0.2) is 30.7 Å². The second-order valence-electron chi connectivity index (χ2n) is 6.28. The lowest BCUT2D eigenvalue weighted by Gasteiger charge is -2.34. The summed E-state index contributed by atoms with van der Waals surface area (Å²) < 4.78 is 5.29. The lowest BCUT2D eigenvalue weighted by molar-refractivity contribution is -0.130. The number of carbonyl (C=O) groups is 1. The zero-order chi connectivity index (χ0) is 13.7. The standard InChI is InChI=1S/C15H28N2O2/c1-12(13-6-4-2-3-5-7-13)17-14(18)15(16)8-10-19-11-9-15/h12-13H,2-11,16H2,1H3,(H,17,18)/t12-/m0/s1. The van der Waals surface area contributed by atoms with E-state index in [1.165, 1.54) is 38.5 Å². The van der Waals surface area contributed by atoms with Crippen molar-refractivity contribution in [3.05, 3.63) is 0 Å². The number of amides is 1. The van der Waals surface area contributed by atoms with E-state index in [4.69, 9.17) is 10.5 Å². The highest BCUT2D eigenvalue weighted by atomic mass is 16.5. The Kier molecular flexibility index (Phi) is 5.22. The highest BCUT2D eigenvalue weighted by Gasteiger charge is 2.37. The number of ether oxygens (including phenoxy) is 1. The molecule has 1 aliphatic carbocycles. The maximum absolute atomic E-state index is 12.4. The van der Waals surface area contributed by atoms with Crippen LogP contribution in [0.1, 0.15) is 58.3 Å². The van der Waals surface area contributed by atoms with Crippen LogP contribution in [-0.2, 0) is 9.53 Å². The fourth-order valence-corrected chi connectivity index (χ4v) is 3.24. The molecule has 1 saturated carbocycles. The number of hydrogen-bond donors (Lipinski definition) is 2. The summed E-state index contributed by atoms with van der Waals surface area (Å²) in [5.41, 5.74) is 5.51. The van der Waals surface area contributed by atoms with Crippen LogP contribution in [0.4, 0.5) is 0 Å². The van der Waals surface area contributed by atoms with Gasteiger partial charge in [0.25, 0.3) is 0 Å². The zero-order valence-corrected chi connectivity index (χ0v) is 12.1. The summed E-state index contributed by atoms with van der Waals surface area (Å²) in [4.78, 5) is 12.4. The Labute approximate surface area is 116 Å². The third-order valence-electron chi connectivity index (χ3n) is 4.80. The van der Waals surface area contributed by atoms with Crippen LogP contribution < -0.4 is 11.1 Å². The number of carbonyl (C=O) groups excluding carboxylic acids is 1. The van der Waals surface area contributed by atoms with Gasteiger partial charge in [-0.3, -0.25) is 4.79 Å². The summed E-state index contributed by atoms with van der Waals surface area (Å²) in [6, 6.07) is 0.244. The van der Waals surface area contributed by atoms with E-state index in [1.54, 1.807) is 0 Å². The van der Waals surface area contributed by atoms with Gasteiger partial charge in [-0.2, -0.15) is 0 Å². The van der Waals surface area contributed by atoms with Crippen LogP contribution in [0.2, 0.25) is 0 Å². The molecule has 1 heterocycles. The highest BCUT2D eigenvalue weighted by Crippen LogP contribution is 2.26. The maximum Gasteiger partial charge on any atom is 0.240 e. The number of nitrogens with one attached hydrogen (secondary N) is 1. The lowest BCUT2D eigenvalue weighted by Crippen LogP contribution is -2.59. The van der Waals surface area contributed by atoms with Gasteiger partial charge < -0.3 is 15.8 Å². The van der Waals surface area contributed by atoms with E-state index in [0.29, 0.717) is 32.0 Å². The lowest BCUT2D eigenvalue weighted by atomic mass is 9.88. The van der Waals surface area contributed by atoms with Crippen LogP contribution >= 0.6 is 0 Å². The first kappa shape index (κ1) is 14.8. The number of nitrogens with two attached hydrogens (primary N) is 1. The van der Waals surface area contributed by atoms with E-state index in [9.17, 15) is 4.79 Å². The van der Waals surface area contributed by atoms with Gasteiger partial charge in [0.05, 0.1) is 5.54 Å². The van der Waals surface area contributed by atoms with Gasteiger partial charge >= 0.3 is 0 Å². The number of hydrogen-bond acceptors (Lipinski definition) is 3. The first-order chi connectivity index (χ1) is 9.12. The normalized spacial score (nSPS) is 26.4. The van der Waals surface area contributed by atoms with Gasteiger partial charge in [0.15, 0.2) is 0 Å². The van der Waals surface area contributed by atoms with Gasteiger partial charge in [-0.1, -0.05) is 25.7 Å².